The summed E-state index contributed by atoms with van der Waals surface area (Å²) in [6.45, 7) is 5.03. The van der Waals surface area contributed by atoms with Gasteiger partial charge in [-0.25, -0.2) is 17.5 Å². The van der Waals surface area contributed by atoms with Crippen LogP contribution in [0.2, 0.25) is 0 Å². The van der Waals surface area contributed by atoms with Crippen LogP contribution in [-0.2, 0) is 16.6 Å². The third-order valence-electron chi connectivity index (χ3n) is 2.98. The minimum atomic E-state index is -3.81. The summed E-state index contributed by atoms with van der Waals surface area (Å²) in [7, 11) is -3.81. The molecule has 0 aliphatic heterocycles. The Kier molecular flexibility index (Phi) is 7.65. The summed E-state index contributed by atoms with van der Waals surface area (Å²) in [4.78, 5) is -0.293. The number of benzene rings is 1. The fraction of sp³-hybridized carbons (Fsp3) is 0.571. The second kappa shape index (κ2) is 8.73. The largest absolute Gasteiger partial charge is 0.313 e. The number of hydrogen-bond acceptors (Lipinski definition) is 4. The van der Waals surface area contributed by atoms with Gasteiger partial charge in [-0.1, -0.05) is 13.0 Å². The third kappa shape index (κ3) is 5.94. The fourth-order valence-corrected chi connectivity index (χ4v) is 3.75. The van der Waals surface area contributed by atoms with E-state index in [-0.39, 0.29) is 10.9 Å². The zero-order valence-corrected chi connectivity index (χ0v) is 14.3. The van der Waals surface area contributed by atoms with Gasteiger partial charge in [0.2, 0.25) is 10.0 Å². The molecular formula is C14H23FN2O2S2. The van der Waals surface area contributed by atoms with Gasteiger partial charge < -0.3 is 5.32 Å². The molecule has 0 bridgehead atoms. The van der Waals surface area contributed by atoms with E-state index in [9.17, 15) is 12.8 Å². The molecule has 0 fully saturated rings. The average molecular weight is 334 g/mol. The molecule has 1 rings (SSSR count). The van der Waals surface area contributed by atoms with Gasteiger partial charge in [-0.2, -0.15) is 11.8 Å². The first kappa shape index (κ1) is 18.4. The van der Waals surface area contributed by atoms with Gasteiger partial charge in [0.15, 0.2) is 0 Å². The Labute approximate surface area is 131 Å². The lowest BCUT2D eigenvalue weighted by atomic mass is 10.2. The standard InChI is InChI=1S/C14H23FN2O2S2/c1-4-16-10-12-5-6-14(13(15)9-12)21(18,19)17-11(2)7-8-20-3/h5-6,9,11,16-17H,4,7-8,10H2,1-3H3. The maximum absolute atomic E-state index is 14.0. The first-order valence-corrected chi connectivity index (χ1v) is 9.78. The molecule has 4 nitrogen and oxygen atoms in total. The predicted molar refractivity (Wildman–Crippen MR) is 86.6 cm³/mol. The van der Waals surface area contributed by atoms with E-state index in [0.717, 1.165) is 17.9 Å². The zero-order chi connectivity index (χ0) is 15.9. The molecule has 7 heteroatoms. The molecule has 1 aromatic rings. The monoisotopic (exact) mass is 334 g/mol. The lowest BCUT2D eigenvalue weighted by Crippen LogP contribution is -2.33. The van der Waals surface area contributed by atoms with Gasteiger partial charge >= 0.3 is 0 Å². The van der Waals surface area contributed by atoms with Crippen LogP contribution in [0.4, 0.5) is 4.39 Å². The minimum Gasteiger partial charge on any atom is -0.313 e. The van der Waals surface area contributed by atoms with E-state index in [1.165, 1.54) is 12.1 Å². The maximum Gasteiger partial charge on any atom is 0.243 e. The van der Waals surface area contributed by atoms with Gasteiger partial charge in [0.05, 0.1) is 0 Å². The Morgan fingerprint density at radius 3 is 2.67 bits per heavy atom. The van der Waals surface area contributed by atoms with Gasteiger partial charge in [0.1, 0.15) is 10.7 Å². The fourth-order valence-electron chi connectivity index (χ4n) is 1.82. The summed E-state index contributed by atoms with van der Waals surface area (Å²) in [5.41, 5.74) is 0.726. The Morgan fingerprint density at radius 2 is 2.10 bits per heavy atom. The Balaban J connectivity index is 2.83. The van der Waals surface area contributed by atoms with Gasteiger partial charge in [-0.15, -0.1) is 0 Å². The van der Waals surface area contributed by atoms with Gasteiger partial charge in [-0.3, -0.25) is 0 Å². The van der Waals surface area contributed by atoms with Crippen molar-refractivity contribution < 1.29 is 12.8 Å². The highest BCUT2D eigenvalue weighted by Gasteiger charge is 2.21. The molecule has 2 N–H and O–H groups in total. The van der Waals surface area contributed by atoms with Crippen molar-refractivity contribution in [3.05, 3.63) is 29.6 Å². The SMILES string of the molecule is CCNCc1ccc(S(=O)(=O)NC(C)CCSC)c(F)c1. The summed E-state index contributed by atoms with van der Waals surface area (Å²) in [5, 5.41) is 3.07. The highest BCUT2D eigenvalue weighted by Crippen LogP contribution is 2.17. The summed E-state index contributed by atoms with van der Waals surface area (Å²) < 4.78 is 40.9. The third-order valence-corrected chi connectivity index (χ3v) is 5.24. The smallest absolute Gasteiger partial charge is 0.243 e. The summed E-state index contributed by atoms with van der Waals surface area (Å²) >= 11 is 1.65. The van der Waals surface area contributed by atoms with Crippen LogP contribution >= 0.6 is 11.8 Å². The summed E-state index contributed by atoms with van der Waals surface area (Å²) in [6.07, 6.45) is 2.67. The quantitative estimate of drug-likeness (QED) is 0.728. The number of halogens is 1. The van der Waals surface area contributed by atoms with E-state index in [1.54, 1.807) is 24.8 Å². The molecule has 120 valence electrons. The number of sulfonamides is 1. The zero-order valence-electron chi connectivity index (χ0n) is 12.6. The van der Waals surface area contributed by atoms with E-state index < -0.39 is 15.8 Å². The van der Waals surface area contributed by atoms with E-state index in [0.29, 0.717) is 13.0 Å². The average Bonchev–Trinajstić information content (AvgIpc) is 2.42. The van der Waals surface area contributed by atoms with Crippen molar-refractivity contribution in [3.63, 3.8) is 0 Å². The van der Waals surface area contributed by atoms with Crippen molar-refractivity contribution in [1.82, 2.24) is 10.0 Å². The molecule has 0 aliphatic rings. The van der Waals surface area contributed by atoms with E-state index in [1.807, 2.05) is 13.2 Å². The van der Waals surface area contributed by atoms with Crippen molar-refractivity contribution in [2.24, 2.45) is 0 Å². The minimum absolute atomic E-state index is 0.219. The highest BCUT2D eigenvalue weighted by molar-refractivity contribution is 7.98. The topological polar surface area (TPSA) is 58.2 Å². The van der Waals surface area contributed by atoms with Crippen LogP contribution in [0.5, 0.6) is 0 Å². The van der Waals surface area contributed by atoms with E-state index >= 15 is 0 Å². The second-order valence-electron chi connectivity index (χ2n) is 4.85. The van der Waals surface area contributed by atoms with Crippen LogP contribution in [0.25, 0.3) is 0 Å². The molecule has 1 unspecified atom stereocenters. The molecule has 1 atom stereocenters. The lowest BCUT2D eigenvalue weighted by Gasteiger charge is -2.14. The molecule has 0 aliphatic carbocycles. The van der Waals surface area contributed by atoms with Gasteiger partial charge in [-0.05, 0) is 49.6 Å². The van der Waals surface area contributed by atoms with Crippen molar-refractivity contribution in [3.8, 4) is 0 Å². The summed E-state index contributed by atoms with van der Waals surface area (Å²) in [5.74, 6) is 0.142. The molecule has 0 radical (unpaired) electrons. The molecule has 0 aromatic heterocycles. The molecule has 1 aromatic carbocycles. The van der Waals surface area contributed by atoms with Gasteiger partial charge in [0.25, 0.3) is 0 Å². The number of hydrogen-bond donors (Lipinski definition) is 2. The molecule has 0 saturated heterocycles. The Bertz CT molecular complexity index is 550. The number of thioether (sulfide) groups is 1. The van der Waals surface area contributed by atoms with E-state index in [4.69, 9.17) is 0 Å². The van der Waals surface area contributed by atoms with Crippen LogP contribution in [0.1, 0.15) is 25.8 Å². The Morgan fingerprint density at radius 1 is 1.38 bits per heavy atom. The van der Waals surface area contributed by atoms with Crippen LogP contribution in [0.3, 0.4) is 0 Å². The van der Waals surface area contributed by atoms with Gasteiger partial charge in [0, 0.05) is 12.6 Å². The van der Waals surface area contributed by atoms with Crippen LogP contribution in [-0.4, -0.2) is 33.0 Å². The Hall–Kier alpha value is -0.630. The molecule has 0 saturated carbocycles. The first-order valence-electron chi connectivity index (χ1n) is 6.91. The molecule has 0 heterocycles. The van der Waals surface area contributed by atoms with Crippen molar-refractivity contribution in [2.45, 2.75) is 37.8 Å². The molecule has 0 amide bonds. The maximum atomic E-state index is 14.0. The number of rotatable bonds is 9. The second-order valence-corrected chi connectivity index (χ2v) is 7.52. The van der Waals surface area contributed by atoms with Crippen molar-refractivity contribution >= 4 is 21.8 Å². The molecule has 21 heavy (non-hydrogen) atoms. The van der Waals surface area contributed by atoms with Crippen molar-refractivity contribution in [2.75, 3.05) is 18.6 Å². The van der Waals surface area contributed by atoms with E-state index in [2.05, 4.69) is 10.0 Å². The normalized spacial score (nSPS) is 13.3. The van der Waals surface area contributed by atoms with Crippen LogP contribution in [0.15, 0.2) is 23.1 Å². The van der Waals surface area contributed by atoms with Crippen LogP contribution < -0.4 is 10.0 Å². The lowest BCUT2D eigenvalue weighted by molar-refractivity contribution is 0.539. The number of nitrogens with one attached hydrogen (secondary N) is 2. The molecular weight excluding hydrogens is 311 g/mol. The predicted octanol–water partition coefficient (Wildman–Crippen LogP) is 2.36. The highest BCUT2D eigenvalue weighted by atomic mass is 32.2. The molecule has 0 spiro atoms. The van der Waals surface area contributed by atoms with Crippen LogP contribution in [0, 0.1) is 5.82 Å². The summed E-state index contributed by atoms with van der Waals surface area (Å²) in [6, 6.07) is 4.01. The first-order chi connectivity index (χ1) is 9.90. The van der Waals surface area contributed by atoms with Crippen molar-refractivity contribution in [1.29, 1.82) is 0 Å².